The molecule has 0 spiro atoms. The van der Waals surface area contributed by atoms with Crippen LogP contribution in [0, 0.1) is 0 Å². The number of fused-ring (bicyclic) bond motifs is 1. The summed E-state index contributed by atoms with van der Waals surface area (Å²) in [6.07, 6.45) is 4.95. The summed E-state index contributed by atoms with van der Waals surface area (Å²) in [7, 11) is -3.59. The van der Waals surface area contributed by atoms with Crippen LogP contribution in [0.5, 0.6) is 0 Å². The predicted octanol–water partition coefficient (Wildman–Crippen LogP) is 2.24. The number of hydrogen-bond acceptors (Lipinski definition) is 5. The van der Waals surface area contributed by atoms with Gasteiger partial charge in [-0.3, -0.25) is 19.5 Å². The summed E-state index contributed by atoms with van der Waals surface area (Å²) >= 11 is 0. The molecule has 1 atom stereocenters. The molecule has 1 fully saturated rings. The minimum atomic E-state index is -3.59. The van der Waals surface area contributed by atoms with E-state index in [1.165, 1.54) is 9.21 Å². The lowest BCUT2D eigenvalue weighted by Crippen LogP contribution is -2.47. The topological polar surface area (TPSA) is 99.7 Å². The molecule has 1 saturated heterocycles. The highest BCUT2D eigenvalue weighted by molar-refractivity contribution is 7.89. The SMILES string of the molecule is CCC(=O)N1c2ccc(S(=O)(=O)N3CCCCC3)cc2CC1C(=O)NCc1ccccn1. The van der Waals surface area contributed by atoms with E-state index in [2.05, 4.69) is 10.3 Å². The fourth-order valence-corrected chi connectivity index (χ4v) is 5.90. The van der Waals surface area contributed by atoms with Gasteiger partial charge >= 0.3 is 0 Å². The molecule has 1 aromatic heterocycles. The number of pyridine rings is 1. The van der Waals surface area contributed by atoms with E-state index in [0.717, 1.165) is 25.0 Å². The molecule has 1 aromatic carbocycles. The van der Waals surface area contributed by atoms with Crippen LogP contribution in [0.1, 0.15) is 43.9 Å². The van der Waals surface area contributed by atoms with Gasteiger partial charge in [-0.15, -0.1) is 0 Å². The smallest absolute Gasteiger partial charge is 0.243 e. The molecule has 32 heavy (non-hydrogen) atoms. The number of aromatic nitrogens is 1. The zero-order valence-corrected chi connectivity index (χ0v) is 19.0. The van der Waals surface area contributed by atoms with E-state index in [1.807, 2.05) is 12.1 Å². The van der Waals surface area contributed by atoms with E-state index in [1.54, 1.807) is 37.4 Å². The Kier molecular flexibility index (Phi) is 6.57. The molecule has 2 aliphatic rings. The van der Waals surface area contributed by atoms with Gasteiger partial charge in [0.15, 0.2) is 0 Å². The zero-order valence-electron chi connectivity index (χ0n) is 18.2. The van der Waals surface area contributed by atoms with Crippen molar-refractivity contribution >= 4 is 27.5 Å². The van der Waals surface area contributed by atoms with Gasteiger partial charge < -0.3 is 5.32 Å². The molecule has 0 radical (unpaired) electrons. The van der Waals surface area contributed by atoms with Crippen LogP contribution in [0.3, 0.4) is 0 Å². The number of piperidine rings is 1. The second-order valence-electron chi connectivity index (χ2n) is 8.13. The van der Waals surface area contributed by atoms with Gasteiger partial charge in [0.1, 0.15) is 6.04 Å². The number of hydrogen-bond donors (Lipinski definition) is 1. The Bertz CT molecular complexity index is 1100. The lowest BCUT2D eigenvalue weighted by molar-refractivity contribution is -0.126. The summed E-state index contributed by atoms with van der Waals surface area (Å²) in [5, 5.41) is 2.86. The van der Waals surface area contributed by atoms with E-state index in [0.29, 0.717) is 24.3 Å². The van der Waals surface area contributed by atoms with Crippen LogP contribution in [0.2, 0.25) is 0 Å². The molecular formula is C23H28N4O4S. The largest absolute Gasteiger partial charge is 0.349 e. The Balaban J connectivity index is 1.57. The van der Waals surface area contributed by atoms with Crippen LogP contribution in [0.4, 0.5) is 5.69 Å². The first kappa shape index (κ1) is 22.4. The lowest BCUT2D eigenvalue weighted by Gasteiger charge is -2.26. The highest BCUT2D eigenvalue weighted by Gasteiger charge is 2.38. The van der Waals surface area contributed by atoms with Crippen molar-refractivity contribution in [2.45, 2.75) is 56.5 Å². The molecule has 1 unspecified atom stereocenters. The maximum absolute atomic E-state index is 13.1. The molecule has 170 valence electrons. The van der Waals surface area contributed by atoms with Crippen LogP contribution in [0.15, 0.2) is 47.5 Å². The Morgan fingerprint density at radius 3 is 2.59 bits per heavy atom. The summed E-state index contributed by atoms with van der Waals surface area (Å²) in [6, 6.07) is 9.58. The maximum atomic E-state index is 13.1. The second-order valence-corrected chi connectivity index (χ2v) is 10.1. The number of carbonyl (C=O) groups is 2. The molecule has 0 aliphatic carbocycles. The van der Waals surface area contributed by atoms with Gasteiger partial charge in [-0.1, -0.05) is 19.4 Å². The van der Waals surface area contributed by atoms with Gasteiger partial charge in [0.25, 0.3) is 0 Å². The number of carbonyl (C=O) groups excluding carboxylic acids is 2. The third-order valence-electron chi connectivity index (χ3n) is 6.03. The summed E-state index contributed by atoms with van der Waals surface area (Å²) in [5.74, 6) is -0.456. The number of sulfonamides is 1. The quantitative estimate of drug-likeness (QED) is 0.719. The third-order valence-corrected chi connectivity index (χ3v) is 7.93. The molecule has 8 nitrogen and oxygen atoms in total. The average molecular weight is 457 g/mol. The van der Waals surface area contributed by atoms with E-state index < -0.39 is 16.1 Å². The summed E-state index contributed by atoms with van der Waals surface area (Å²) < 4.78 is 27.7. The zero-order chi connectivity index (χ0) is 22.7. The van der Waals surface area contributed by atoms with Crippen molar-refractivity contribution in [3.05, 3.63) is 53.9 Å². The van der Waals surface area contributed by atoms with Crippen molar-refractivity contribution in [3.8, 4) is 0 Å². The second kappa shape index (κ2) is 9.38. The van der Waals surface area contributed by atoms with Crippen LogP contribution in [-0.2, 0) is 32.6 Å². The van der Waals surface area contributed by atoms with Gasteiger partial charge in [0.05, 0.1) is 17.1 Å². The molecule has 9 heteroatoms. The standard InChI is InChI=1S/C23H28N4O4S/c1-2-22(28)27-20-10-9-19(32(30,31)26-12-6-3-7-13-26)14-17(20)15-21(27)23(29)25-16-18-8-4-5-11-24-18/h4-5,8-11,14,21H,2-3,6-7,12-13,15-16H2,1H3,(H,25,29). The molecule has 2 amide bonds. The molecule has 0 bridgehead atoms. The van der Waals surface area contributed by atoms with Gasteiger partial charge in [-0.2, -0.15) is 4.31 Å². The Morgan fingerprint density at radius 2 is 1.91 bits per heavy atom. The van der Waals surface area contributed by atoms with E-state index in [9.17, 15) is 18.0 Å². The van der Waals surface area contributed by atoms with E-state index in [4.69, 9.17) is 0 Å². The molecule has 0 saturated carbocycles. The van der Waals surface area contributed by atoms with Crippen LogP contribution < -0.4 is 10.2 Å². The number of nitrogens with zero attached hydrogens (tertiary/aromatic N) is 3. The van der Waals surface area contributed by atoms with Crippen molar-refractivity contribution < 1.29 is 18.0 Å². The first-order chi connectivity index (χ1) is 15.4. The molecule has 1 N–H and O–H groups in total. The fraction of sp³-hybridized carbons (Fsp3) is 0.435. The Labute approximate surface area is 188 Å². The molecular weight excluding hydrogens is 428 g/mol. The van der Waals surface area contributed by atoms with Crippen molar-refractivity contribution in [2.75, 3.05) is 18.0 Å². The lowest BCUT2D eigenvalue weighted by atomic mass is 10.1. The third kappa shape index (κ3) is 4.40. The predicted molar refractivity (Wildman–Crippen MR) is 120 cm³/mol. The van der Waals surface area contributed by atoms with Crippen LogP contribution in [-0.4, -0.2) is 48.7 Å². The van der Waals surface area contributed by atoms with Gasteiger partial charge in [-0.25, -0.2) is 8.42 Å². The monoisotopic (exact) mass is 456 g/mol. The average Bonchev–Trinajstić information content (AvgIpc) is 3.22. The van der Waals surface area contributed by atoms with Crippen molar-refractivity contribution in [3.63, 3.8) is 0 Å². The van der Waals surface area contributed by atoms with Crippen molar-refractivity contribution in [1.29, 1.82) is 0 Å². The molecule has 2 aliphatic heterocycles. The van der Waals surface area contributed by atoms with Gasteiger partial charge in [0, 0.05) is 37.8 Å². The minimum absolute atomic E-state index is 0.173. The summed E-state index contributed by atoms with van der Waals surface area (Å²) in [6.45, 7) is 3.06. The van der Waals surface area contributed by atoms with Crippen LogP contribution in [0.25, 0.3) is 0 Å². The summed E-state index contributed by atoms with van der Waals surface area (Å²) in [4.78, 5) is 31.6. The highest BCUT2D eigenvalue weighted by Crippen LogP contribution is 2.35. The number of rotatable bonds is 6. The Morgan fingerprint density at radius 1 is 1.12 bits per heavy atom. The minimum Gasteiger partial charge on any atom is -0.349 e. The normalized spacial score (nSPS) is 18.9. The maximum Gasteiger partial charge on any atom is 0.243 e. The van der Waals surface area contributed by atoms with Crippen molar-refractivity contribution in [2.24, 2.45) is 0 Å². The van der Waals surface area contributed by atoms with Gasteiger partial charge in [0.2, 0.25) is 21.8 Å². The number of nitrogens with one attached hydrogen (secondary N) is 1. The number of benzene rings is 1. The van der Waals surface area contributed by atoms with E-state index >= 15 is 0 Å². The molecule has 2 aromatic rings. The number of anilines is 1. The highest BCUT2D eigenvalue weighted by atomic mass is 32.2. The van der Waals surface area contributed by atoms with E-state index in [-0.39, 0.29) is 36.1 Å². The Hall–Kier alpha value is -2.78. The van der Waals surface area contributed by atoms with Crippen molar-refractivity contribution in [1.82, 2.24) is 14.6 Å². The summed E-state index contributed by atoms with van der Waals surface area (Å²) in [5.41, 5.74) is 2.02. The fourth-order valence-electron chi connectivity index (χ4n) is 4.33. The molecule has 3 heterocycles. The number of amides is 2. The van der Waals surface area contributed by atoms with Crippen LogP contribution >= 0.6 is 0 Å². The first-order valence-corrected chi connectivity index (χ1v) is 12.5. The van der Waals surface area contributed by atoms with Gasteiger partial charge in [-0.05, 0) is 48.7 Å². The first-order valence-electron chi connectivity index (χ1n) is 11.0. The molecule has 4 rings (SSSR count).